The van der Waals surface area contributed by atoms with Gasteiger partial charge in [0.25, 0.3) is 11.6 Å². The molecule has 4 rings (SSSR count). The molecule has 1 aliphatic rings. The lowest BCUT2D eigenvalue weighted by Crippen LogP contribution is -2.35. The third-order valence-corrected chi connectivity index (χ3v) is 5.27. The van der Waals surface area contributed by atoms with Gasteiger partial charge < -0.3 is 10.2 Å². The molecule has 0 fully saturated rings. The maximum atomic E-state index is 13.0. The summed E-state index contributed by atoms with van der Waals surface area (Å²) >= 11 is 0. The number of anilines is 2. The fourth-order valence-electron chi connectivity index (χ4n) is 3.66. The molecule has 1 aliphatic heterocycles. The van der Waals surface area contributed by atoms with Crippen LogP contribution in [0.4, 0.5) is 17.1 Å². The number of rotatable bonds is 5. The fourth-order valence-corrected chi connectivity index (χ4v) is 3.66. The van der Waals surface area contributed by atoms with Crippen molar-refractivity contribution in [2.75, 3.05) is 16.8 Å². The molecular weight excluding hydrogens is 406 g/mol. The van der Waals surface area contributed by atoms with Crippen LogP contribution in [0.1, 0.15) is 27.9 Å². The highest BCUT2D eigenvalue weighted by atomic mass is 16.6. The maximum Gasteiger partial charge on any atom is 0.269 e. The molecule has 7 nitrogen and oxygen atoms in total. The molecule has 0 unspecified atom stereocenters. The van der Waals surface area contributed by atoms with Gasteiger partial charge in [0.1, 0.15) is 0 Å². The Labute approximate surface area is 185 Å². The van der Waals surface area contributed by atoms with E-state index in [1.54, 1.807) is 35.2 Å². The van der Waals surface area contributed by atoms with Crippen molar-refractivity contribution in [1.29, 1.82) is 0 Å². The summed E-state index contributed by atoms with van der Waals surface area (Å²) in [6.07, 6.45) is 4.72. The minimum atomic E-state index is -0.470. The summed E-state index contributed by atoms with van der Waals surface area (Å²) in [7, 11) is 0. The second-order valence-electron chi connectivity index (χ2n) is 7.44. The van der Waals surface area contributed by atoms with Gasteiger partial charge in [-0.3, -0.25) is 19.7 Å². The van der Waals surface area contributed by atoms with Crippen LogP contribution in [-0.2, 0) is 11.2 Å². The number of hydrogen-bond acceptors (Lipinski definition) is 4. The summed E-state index contributed by atoms with van der Waals surface area (Å²) < 4.78 is 0. The number of nitrogens with zero attached hydrogens (tertiary/aromatic N) is 2. The average molecular weight is 427 g/mol. The third kappa shape index (κ3) is 4.73. The minimum absolute atomic E-state index is 0.00438. The lowest BCUT2D eigenvalue weighted by molar-refractivity contribution is -0.384. The molecule has 0 saturated heterocycles. The summed E-state index contributed by atoms with van der Waals surface area (Å²) in [6.45, 7) is 0.623. The van der Waals surface area contributed by atoms with Gasteiger partial charge in [-0.2, -0.15) is 0 Å². The zero-order chi connectivity index (χ0) is 22.5. The molecule has 1 heterocycles. The van der Waals surface area contributed by atoms with Gasteiger partial charge in [0.15, 0.2) is 0 Å². The molecule has 0 saturated carbocycles. The zero-order valence-electron chi connectivity index (χ0n) is 17.2. The average Bonchev–Trinajstić information content (AvgIpc) is 2.82. The Hall–Kier alpha value is -4.26. The Bertz CT molecular complexity index is 1190. The summed E-state index contributed by atoms with van der Waals surface area (Å²) in [5, 5.41) is 13.5. The summed E-state index contributed by atoms with van der Waals surface area (Å²) in [5.41, 5.74) is 3.77. The van der Waals surface area contributed by atoms with Crippen LogP contribution >= 0.6 is 0 Å². The van der Waals surface area contributed by atoms with E-state index in [4.69, 9.17) is 0 Å². The molecule has 1 N–H and O–H groups in total. The zero-order valence-corrected chi connectivity index (χ0v) is 17.2. The Morgan fingerprint density at radius 1 is 1.00 bits per heavy atom. The highest BCUT2D eigenvalue weighted by Gasteiger charge is 2.24. The fraction of sp³-hybridized carbons (Fsp3) is 0.120. The van der Waals surface area contributed by atoms with E-state index in [0.29, 0.717) is 23.4 Å². The van der Waals surface area contributed by atoms with Crippen molar-refractivity contribution in [3.63, 3.8) is 0 Å². The first-order chi connectivity index (χ1) is 15.5. The van der Waals surface area contributed by atoms with Crippen molar-refractivity contribution in [3.05, 3.63) is 106 Å². The molecule has 0 aliphatic carbocycles. The number of nitrogens with one attached hydrogen (secondary N) is 1. The molecule has 2 amide bonds. The van der Waals surface area contributed by atoms with Gasteiger partial charge in [0.05, 0.1) is 4.92 Å². The van der Waals surface area contributed by atoms with E-state index < -0.39 is 4.92 Å². The molecular formula is C25H21N3O4. The molecule has 0 radical (unpaired) electrons. The first-order valence-corrected chi connectivity index (χ1v) is 10.2. The van der Waals surface area contributed by atoms with E-state index in [-0.39, 0.29) is 17.5 Å². The van der Waals surface area contributed by atoms with Crippen molar-refractivity contribution in [2.45, 2.75) is 12.8 Å². The molecule has 7 heteroatoms. The van der Waals surface area contributed by atoms with E-state index in [1.807, 2.05) is 36.4 Å². The van der Waals surface area contributed by atoms with Crippen molar-refractivity contribution in [2.24, 2.45) is 0 Å². The predicted molar refractivity (Wildman–Crippen MR) is 124 cm³/mol. The number of benzene rings is 3. The van der Waals surface area contributed by atoms with Crippen LogP contribution in [0, 0.1) is 10.1 Å². The largest absolute Gasteiger partial charge is 0.322 e. The van der Waals surface area contributed by atoms with Crippen molar-refractivity contribution < 1.29 is 14.5 Å². The molecule has 3 aromatic carbocycles. The van der Waals surface area contributed by atoms with Gasteiger partial charge in [-0.25, -0.2) is 0 Å². The monoisotopic (exact) mass is 427 g/mol. The van der Waals surface area contributed by atoms with Gasteiger partial charge in [0.2, 0.25) is 5.91 Å². The van der Waals surface area contributed by atoms with E-state index in [9.17, 15) is 19.7 Å². The van der Waals surface area contributed by atoms with Crippen LogP contribution < -0.4 is 10.2 Å². The topological polar surface area (TPSA) is 92.5 Å². The number of carbonyl (C=O) groups is 2. The smallest absolute Gasteiger partial charge is 0.269 e. The lowest BCUT2D eigenvalue weighted by atomic mass is 10.00. The van der Waals surface area contributed by atoms with Crippen LogP contribution in [0.15, 0.2) is 78.9 Å². The quantitative estimate of drug-likeness (QED) is 0.358. The van der Waals surface area contributed by atoms with Gasteiger partial charge in [-0.1, -0.05) is 24.3 Å². The van der Waals surface area contributed by atoms with Crippen LogP contribution in [0.2, 0.25) is 0 Å². The number of carbonyl (C=O) groups excluding carboxylic acids is 2. The highest BCUT2D eigenvalue weighted by molar-refractivity contribution is 6.07. The predicted octanol–water partition coefficient (Wildman–Crippen LogP) is 4.84. The minimum Gasteiger partial charge on any atom is -0.322 e. The van der Waals surface area contributed by atoms with Crippen molar-refractivity contribution in [3.8, 4) is 0 Å². The number of nitro groups is 1. The van der Waals surface area contributed by atoms with E-state index >= 15 is 0 Å². The van der Waals surface area contributed by atoms with Crippen LogP contribution in [0.5, 0.6) is 0 Å². The highest BCUT2D eigenvalue weighted by Crippen LogP contribution is 2.31. The Balaban J connectivity index is 1.49. The second kappa shape index (κ2) is 9.26. The van der Waals surface area contributed by atoms with Crippen molar-refractivity contribution >= 4 is 35.0 Å². The summed E-state index contributed by atoms with van der Waals surface area (Å²) in [6, 6.07) is 20.7. The van der Waals surface area contributed by atoms with Crippen LogP contribution in [0.3, 0.4) is 0 Å². The van der Waals surface area contributed by atoms with E-state index in [0.717, 1.165) is 24.1 Å². The maximum absolute atomic E-state index is 13.0. The van der Waals surface area contributed by atoms with Crippen LogP contribution in [0.25, 0.3) is 6.08 Å². The normalized spacial score (nSPS) is 12.9. The van der Waals surface area contributed by atoms with Crippen molar-refractivity contribution in [1.82, 2.24) is 0 Å². The van der Waals surface area contributed by atoms with Gasteiger partial charge in [-0.05, 0) is 66.4 Å². The number of fused-ring (bicyclic) bond motifs is 1. The molecule has 32 heavy (non-hydrogen) atoms. The van der Waals surface area contributed by atoms with Crippen LogP contribution in [-0.4, -0.2) is 23.3 Å². The summed E-state index contributed by atoms with van der Waals surface area (Å²) in [4.78, 5) is 37.4. The van der Waals surface area contributed by atoms with Gasteiger partial charge >= 0.3 is 0 Å². The SMILES string of the molecule is O=C(/C=C/c1ccc([N+](=O)[O-])cc1)Nc1ccc2c(c1)N(C(=O)c1ccccc1)CCC2. The molecule has 0 bridgehead atoms. The Morgan fingerprint density at radius 2 is 1.75 bits per heavy atom. The van der Waals surface area contributed by atoms with E-state index in [2.05, 4.69) is 5.32 Å². The Kier molecular flexibility index (Phi) is 6.07. The number of nitro benzene ring substituents is 1. The molecule has 0 atom stereocenters. The number of amides is 2. The standard InChI is InChI=1S/C25H21N3O4/c29-24(15-10-18-8-13-22(14-9-18)28(31)32)26-21-12-11-19-7-4-16-27(23(19)17-21)25(30)20-5-2-1-3-6-20/h1-3,5-6,8-15,17H,4,7,16H2,(H,26,29)/b15-10+. The third-order valence-electron chi connectivity index (χ3n) is 5.27. The lowest BCUT2D eigenvalue weighted by Gasteiger charge is -2.30. The number of hydrogen-bond donors (Lipinski definition) is 1. The molecule has 0 spiro atoms. The van der Waals surface area contributed by atoms with Gasteiger partial charge in [-0.15, -0.1) is 0 Å². The second-order valence-corrected chi connectivity index (χ2v) is 7.44. The number of aryl methyl sites for hydroxylation is 1. The van der Waals surface area contributed by atoms with E-state index in [1.165, 1.54) is 18.2 Å². The van der Waals surface area contributed by atoms with Gasteiger partial charge in [0, 0.05) is 41.7 Å². The summed E-state index contributed by atoms with van der Waals surface area (Å²) in [5.74, 6) is -0.395. The number of non-ortho nitro benzene ring substituents is 1. The molecule has 160 valence electrons. The Morgan fingerprint density at radius 3 is 2.47 bits per heavy atom. The first kappa shape index (κ1) is 21.0. The molecule has 3 aromatic rings. The molecule has 0 aromatic heterocycles. The first-order valence-electron chi connectivity index (χ1n) is 10.2.